The monoisotopic (exact) mass is 625 g/mol. The average molecular weight is 626 g/mol. The van der Waals surface area contributed by atoms with E-state index in [-0.39, 0.29) is 42.1 Å². The number of ether oxygens (including phenoxy) is 1. The van der Waals surface area contributed by atoms with Gasteiger partial charge in [0.1, 0.15) is 28.0 Å². The molecule has 14 heteroatoms. The molecule has 1 amide bonds. The molecule has 2 fully saturated rings. The lowest BCUT2D eigenvalue weighted by molar-refractivity contribution is -0.192. The highest BCUT2D eigenvalue weighted by Gasteiger charge is 2.62. The largest absolute Gasteiger partial charge is 0.394 e. The van der Waals surface area contributed by atoms with Crippen LogP contribution in [0.1, 0.15) is 56.3 Å². The van der Waals surface area contributed by atoms with E-state index in [1.165, 1.54) is 5.01 Å². The fraction of sp³-hybridized carbons (Fsp3) is 0.536. The molecule has 42 heavy (non-hydrogen) atoms. The second-order valence-electron chi connectivity index (χ2n) is 11.4. The van der Waals surface area contributed by atoms with E-state index in [2.05, 4.69) is 44.6 Å². The quantitative estimate of drug-likeness (QED) is 0.175. The molecule has 9 nitrogen and oxygen atoms in total. The van der Waals surface area contributed by atoms with E-state index in [0.29, 0.717) is 16.8 Å². The van der Waals surface area contributed by atoms with Crippen molar-refractivity contribution in [2.45, 2.75) is 68.9 Å². The number of nitrogens with zero attached hydrogens (tertiary/aromatic N) is 3. The summed E-state index contributed by atoms with van der Waals surface area (Å²) in [6.07, 6.45) is 0.956. The highest BCUT2D eigenvalue weighted by molar-refractivity contribution is 7.97. The van der Waals surface area contributed by atoms with Crippen LogP contribution in [0.5, 0.6) is 0 Å². The van der Waals surface area contributed by atoms with Gasteiger partial charge in [-0.3, -0.25) is 14.5 Å². The minimum atomic E-state index is -4.20. The zero-order valence-corrected chi connectivity index (χ0v) is 25.0. The molecule has 228 valence electrons. The Morgan fingerprint density at radius 2 is 2.05 bits per heavy atom. The molecule has 4 N–H and O–H groups in total. The Morgan fingerprint density at radius 1 is 1.24 bits per heavy atom. The van der Waals surface area contributed by atoms with Gasteiger partial charge in [-0.15, -0.1) is 0 Å². The summed E-state index contributed by atoms with van der Waals surface area (Å²) in [7, 11) is 0. The van der Waals surface area contributed by atoms with Crippen molar-refractivity contribution in [1.29, 1.82) is 0 Å². The van der Waals surface area contributed by atoms with Crippen molar-refractivity contribution in [2.75, 3.05) is 30.0 Å². The number of halogens is 4. The molecule has 2 unspecified atom stereocenters. The number of rotatable bonds is 12. The van der Waals surface area contributed by atoms with E-state index in [0.717, 1.165) is 43.7 Å². The van der Waals surface area contributed by atoms with E-state index in [1.807, 2.05) is 12.1 Å². The molecule has 2 aromatic heterocycles. The molecule has 2 aromatic rings. The molecule has 1 saturated carbocycles. The van der Waals surface area contributed by atoms with Crippen molar-refractivity contribution in [2.24, 2.45) is 11.3 Å². The van der Waals surface area contributed by atoms with Crippen LogP contribution in [0.4, 0.5) is 24.8 Å². The van der Waals surface area contributed by atoms with Crippen LogP contribution in [0.3, 0.4) is 0 Å². The number of aromatic nitrogens is 2. The second-order valence-corrected chi connectivity index (χ2v) is 12.6. The van der Waals surface area contributed by atoms with E-state index in [4.69, 9.17) is 16.3 Å². The number of alkyl halides is 3. The van der Waals surface area contributed by atoms with Crippen molar-refractivity contribution in [1.82, 2.24) is 25.4 Å². The smallest absolute Gasteiger partial charge is 0.370 e. The first-order valence-corrected chi connectivity index (χ1v) is 15.2. The van der Waals surface area contributed by atoms with E-state index in [9.17, 15) is 18.0 Å². The van der Waals surface area contributed by atoms with E-state index in [1.54, 1.807) is 30.5 Å². The van der Waals surface area contributed by atoms with Gasteiger partial charge in [0.15, 0.2) is 0 Å². The Balaban J connectivity index is 1.07. The van der Waals surface area contributed by atoms with Crippen LogP contribution in [-0.2, 0) is 4.74 Å². The molecule has 2 atom stereocenters. The van der Waals surface area contributed by atoms with Crippen LogP contribution in [0.25, 0.3) is 0 Å². The van der Waals surface area contributed by atoms with E-state index >= 15 is 0 Å². The molecule has 1 aliphatic carbocycles. The van der Waals surface area contributed by atoms with Crippen molar-refractivity contribution in [3.8, 4) is 0 Å². The Kier molecular flexibility index (Phi) is 9.24. The first-order valence-electron chi connectivity index (χ1n) is 14.0. The summed E-state index contributed by atoms with van der Waals surface area (Å²) in [6, 6.07) is 8.74. The summed E-state index contributed by atoms with van der Waals surface area (Å²) in [5, 5.41) is 9.07. The predicted octanol–water partition coefficient (Wildman–Crippen LogP) is 5.67. The predicted molar refractivity (Wildman–Crippen MR) is 157 cm³/mol. The first kappa shape index (κ1) is 30.9. The minimum Gasteiger partial charge on any atom is -0.370 e. The fourth-order valence-corrected chi connectivity index (χ4v) is 6.07. The Morgan fingerprint density at radius 3 is 2.74 bits per heavy atom. The van der Waals surface area contributed by atoms with Crippen LogP contribution in [0.2, 0.25) is 5.15 Å². The number of carbonyl (C=O) groups is 1. The van der Waals surface area contributed by atoms with Gasteiger partial charge in [-0.25, -0.2) is 9.97 Å². The maximum absolute atomic E-state index is 13.1. The van der Waals surface area contributed by atoms with Crippen LogP contribution in [0.15, 0.2) is 47.6 Å². The third kappa shape index (κ3) is 7.31. The van der Waals surface area contributed by atoms with Gasteiger partial charge in [-0.2, -0.15) is 18.6 Å². The van der Waals surface area contributed by atoms with Gasteiger partial charge in [0.05, 0.1) is 11.0 Å². The van der Waals surface area contributed by atoms with Gasteiger partial charge in [0, 0.05) is 36.8 Å². The SMILES string of the molecule is CC1(C)NCCC1CCNc1cccc(SNC(=O)c2ccc(N3C=CC(OCCC4(C(F)(F)F)CC4)N3)nc2Cl)n1. The third-order valence-corrected chi connectivity index (χ3v) is 9.21. The summed E-state index contributed by atoms with van der Waals surface area (Å²) in [5.74, 6) is 1.32. The summed E-state index contributed by atoms with van der Waals surface area (Å²) in [5.41, 5.74) is 1.72. The zero-order valence-electron chi connectivity index (χ0n) is 23.4. The number of amides is 1. The molecule has 0 radical (unpaired) electrons. The molecule has 0 spiro atoms. The van der Waals surface area contributed by atoms with Gasteiger partial charge in [0.25, 0.3) is 5.91 Å². The maximum atomic E-state index is 13.1. The molecular formula is C28H35ClF3N7O2S. The lowest BCUT2D eigenvalue weighted by atomic mass is 9.86. The number of hydrogen-bond donors (Lipinski definition) is 4. The van der Waals surface area contributed by atoms with Gasteiger partial charge < -0.3 is 15.4 Å². The van der Waals surface area contributed by atoms with E-state index < -0.39 is 23.7 Å². The number of carbonyl (C=O) groups excluding carboxylic acids is 1. The number of hydrazine groups is 1. The third-order valence-electron chi connectivity index (χ3n) is 8.20. The standard InChI is InChI=1S/C28H35ClF3N7O2S/c1-26(2)18(9-15-34-26)8-14-33-20-4-3-5-23(35-20)42-38-25(40)19-6-7-21(36-24(19)29)39-16-10-22(37-39)41-17-13-27(11-12-27)28(30,31)32/h3-7,10,16,18,22,34,37H,8-9,11-15,17H2,1-2H3,(H,33,35)(H,38,40). The average Bonchev–Trinajstić information content (AvgIpc) is 3.47. The number of hydrogen-bond acceptors (Lipinski definition) is 9. The molecule has 1 saturated heterocycles. The Labute approximate surface area is 252 Å². The fourth-order valence-electron chi connectivity index (χ4n) is 5.24. The van der Waals surface area contributed by atoms with Gasteiger partial charge in [-0.05, 0) is 88.8 Å². The summed E-state index contributed by atoms with van der Waals surface area (Å²) in [6.45, 7) is 6.30. The maximum Gasteiger partial charge on any atom is 0.394 e. The first-order chi connectivity index (χ1) is 20.0. The molecule has 3 aliphatic rings. The van der Waals surface area contributed by atoms with Crippen LogP contribution in [0, 0.1) is 11.3 Å². The lowest BCUT2D eigenvalue weighted by Gasteiger charge is -2.27. The van der Waals surface area contributed by atoms with Crippen molar-refractivity contribution >= 4 is 41.1 Å². The molecule has 0 bridgehead atoms. The molecule has 4 heterocycles. The van der Waals surface area contributed by atoms with Gasteiger partial charge in [0.2, 0.25) is 0 Å². The highest BCUT2D eigenvalue weighted by atomic mass is 35.5. The van der Waals surface area contributed by atoms with Crippen LogP contribution < -0.4 is 25.8 Å². The molecule has 5 rings (SSSR count). The molecule has 2 aliphatic heterocycles. The number of nitrogens with one attached hydrogen (secondary N) is 4. The van der Waals surface area contributed by atoms with Gasteiger partial charge in [-0.1, -0.05) is 17.7 Å². The Bertz CT molecular complexity index is 1310. The normalized spacial score (nSPS) is 22.4. The summed E-state index contributed by atoms with van der Waals surface area (Å²) >= 11 is 7.41. The Hall–Kier alpha value is -2.58. The van der Waals surface area contributed by atoms with Crippen LogP contribution in [-0.4, -0.2) is 53.5 Å². The highest BCUT2D eigenvalue weighted by Crippen LogP contribution is 2.59. The second kappa shape index (κ2) is 12.6. The van der Waals surface area contributed by atoms with Crippen molar-refractivity contribution in [3.05, 3.63) is 53.3 Å². The molecule has 0 aromatic carbocycles. The summed E-state index contributed by atoms with van der Waals surface area (Å²) < 4.78 is 47.7. The lowest BCUT2D eigenvalue weighted by Crippen LogP contribution is -2.38. The van der Waals surface area contributed by atoms with Crippen LogP contribution >= 0.6 is 23.5 Å². The van der Waals surface area contributed by atoms with Crippen molar-refractivity contribution < 1.29 is 22.7 Å². The zero-order chi connectivity index (χ0) is 30.0. The number of pyridine rings is 2. The molecular weight excluding hydrogens is 591 g/mol. The summed E-state index contributed by atoms with van der Waals surface area (Å²) in [4.78, 5) is 21.7. The van der Waals surface area contributed by atoms with Gasteiger partial charge >= 0.3 is 6.18 Å². The number of anilines is 2. The minimum absolute atomic E-state index is 0.00118. The van der Waals surface area contributed by atoms with Crippen molar-refractivity contribution in [3.63, 3.8) is 0 Å². The topological polar surface area (TPSA) is 103 Å².